The molecular formula is C8H5ClN2OS. The molecule has 0 aliphatic carbocycles. The number of rotatable bonds is 1. The van der Waals surface area contributed by atoms with E-state index in [1.54, 1.807) is 0 Å². The highest BCUT2D eigenvalue weighted by Gasteiger charge is 2.10. The molecule has 1 amide bonds. The van der Waals surface area contributed by atoms with Gasteiger partial charge in [0.2, 0.25) is 0 Å². The lowest BCUT2D eigenvalue weighted by atomic mass is 10.2. The molecular weight excluding hydrogens is 208 g/mol. The summed E-state index contributed by atoms with van der Waals surface area (Å²) in [5.74, 6) is -0.479. The third-order valence-electron chi connectivity index (χ3n) is 1.72. The summed E-state index contributed by atoms with van der Waals surface area (Å²) < 4.78 is 0.804. The number of nitrogens with zero attached hydrogens (tertiary/aromatic N) is 1. The van der Waals surface area contributed by atoms with Crippen LogP contribution in [0.25, 0.3) is 10.1 Å². The maximum Gasteiger partial charge on any atom is 0.250 e. The summed E-state index contributed by atoms with van der Waals surface area (Å²) >= 11 is 7.27. The van der Waals surface area contributed by atoms with Crippen LogP contribution in [0.5, 0.6) is 0 Å². The number of thiophene rings is 1. The van der Waals surface area contributed by atoms with Crippen molar-refractivity contribution in [1.82, 2.24) is 4.98 Å². The summed E-state index contributed by atoms with van der Waals surface area (Å²) in [6.45, 7) is 0. The molecule has 0 spiro atoms. The number of carbonyl (C=O) groups excluding carboxylic acids is 1. The van der Waals surface area contributed by atoms with Crippen molar-refractivity contribution < 1.29 is 4.79 Å². The molecule has 0 radical (unpaired) electrons. The van der Waals surface area contributed by atoms with Crippen molar-refractivity contribution in [3.05, 3.63) is 28.4 Å². The number of hydrogen-bond donors (Lipinski definition) is 1. The summed E-state index contributed by atoms with van der Waals surface area (Å²) in [4.78, 5) is 14.8. The van der Waals surface area contributed by atoms with Crippen molar-refractivity contribution >= 4 is 38.9 Å². The van der Waals surface area contributed by atoms with Crippen LogP contribution in [-0.4, -0.2) is 10.9 Å². The molecule has 0 aliphatic heterocycles. The molecule has 0 aliphatic rings. The molecule has 0 atom stereocenters. The van der Waals surface area contributed by atoms with Gasteiger partial charge in [-0.3, -0.25) is 4.79 Å². The van der Waals surface area contributed by atoms with E-state index in [1.807, 2.05) is 11.4 Å². The van der Waals surface area contributed by atoms with E-state index in [1.165, 1.54) is 17.5 Å². The molecule has 0 aromatic carbocycles. The van der Waals surface area contributed by atoms with Crippen molar-refractivity contribution in [2.45, 2.75) is 0 Å². The fourth-order valence-corrected chi connectivity index (χ4v) is 2.21. The first-order valence-corrected chi connectivity index (χ1v) is 4.77. The molecule has 2 aromatic rings. The number of nitrogens with two attached hydrogens (primary N) is 1. The van der Waals surface area contributed by atoms with Crippen molar-refractivity contribution in [1.29, 1.82) is 0 Å². The van der Waals surface area contributed by atoms with Gasteiger partial charge in [-0.1, -0.05) is 11.6 Å². The van der Waals surface area contributed by atoms with Crippen molar-refractivity contribution in [2.24, 2.45) is 5.73 Å². The molecule has 5 heteroatoms. The molecule has 0 bridgehead atoms. The summed E-state index contributed by atoms with van der Waals surface area (Å²) in [6, 6.07) is 1.81. The summed E-state index contributed by atoms with van der Waals surface area (Å²) in [6.07, 6.45) is 1.40. The minimum absolute atomic E-state index is 0.412. The van der Waals surface area contributed by atoms with Gasteiger partial charge < -0.3 is 5.73 Å². The molecule has 0 fully saturated rings. The fourth-order valence-electron chi connectivity index (χ4n) is 1.13. The molecule has 2 aromatic heterocycles. The van der Waals surface area contributed by atoms with Gasteiger partial charge in [0, 0.05) is 11.6 Å². The topological polar surface area (TPSA) is 56.0 Å². The Morgan fingerprint density at radius 3 is 3.08 bits per heavy atom. The zero-order valence-electron chi connectivity index (χ0n) is 6.45. The van der Waals surface area contributed by atoms with Crippen LogP contribution in [0.3, 0.4) is 0 Å². The fraction of sp³-hybridized carbons (Fsp3) is 0. The average Bonchev–Trinajstić information content (AvgIpc) is 2.53. The van der Waals surface area contributed by atoms with Gasteiger partial charge >= 0.3 is 0 Å². The third-order valence-corrected chi connectivity index (χ3v) is 3.03. The summed E-state index contributed by atoms with van der Waals surface area (Å²) in [5.41, 5.74) is 5.59. The minimum Gasteiger partial charge on any atom is -0.366 e. The Hall–Kier alpha value is -1.13. The van der Waals surface area contributed by atoms with E-state index in [-0.39, 0.29) is 0 Å². The molecule has 0 saturated heterocycles. The number of carbonyl (C=O) groups is 1. The lowest BCUT2D eigenvalue weighted by molar-refractivity contribution is 0.100. The van der Waals surface area contributed by atoms with Gasteiger partial charge in [0.05, 0.1) is 10.3 Å². The highest BCUT2D eigenvalue weighted by molar-refractivity contribution is 7.17. The van der Waals surface area contributed by atoms with Crippen molar-refractivity contribution in [2.75, 3.05) is 0 Å². The predicted molar refractivity (Wildman–Crippen MR) is 53.1 cm³/mol. The zero-order valence-corrected chi connectivity index (χ0v) is 8.02. The Kier molecular flexibility index (Phi) is 1.94. The number of amides is 1. The van der Waals surface area contributed by atoms with E-state index in [4.69, 9.17) is 17.3 Å². The van der Waals surface area contributed by atoms with Crippen LogP contribution in [0.15, 0.2) is 17.6 Å². The van der Waals surface area contributed by atoms with E-state index in [0.29, 0.717) is 10.7 Å². The molecule has 2 rings (SSSR count). The Bertz CT molecular complexity index is 480. The van der Waals surface area contributed by atoms with E-state index in [2.05, 4.69) is 4.98 Å². The second kappa shape index (κ2) is 2.97. The molecule has 0 unspecified atom stereocenters. The SMILES string of the molecule is NC(=O)c1cnc(Cl)c2sccc12. The monoisotopic (exact) mass is 212 g/mol. The molecule has 3 nitrogen and oxygen atoms in total. The second-order valence-corrected chi connectivity index (χ2v) is 3.76. The first-order chi connectivity index (χ1) is 6.20. The average molecular weight is 213 g/mol. The van der Waals surface area contributed by atoms with Crippen LogP contribution in [0, 0.1) is 0 Å². The van der Waals surface area contributed by atoms with Crippen LogP contribution in [0.1, 0.15) is 10.4 Å². The van der Waals surface area contributed by atoms with Gasteiger partial charge in [-0.2, -0.15) is 0 Å². The van der Waals surface area contributed by atoms with Gasteiger partial charge in [-0.05, 0) is 11.4 Å². The van der Waals surface area contributed by atoms with Gasteiger partial charge in [0.25, 0.3) is 5.91 Å². The highest BCUT2D eigenvalue weighted by Crippen LogP contribution is 2.28. The summed E-state index contributed by atoms with van der Waals surface area (Å²) in [7, 11) is 0. The van der Waals surface area contributed by atoms with Crippen LogP contribution in [0.2, 0.25) is 5.15 Å². The van der Waals surface area contributed by atoms with E-state index < -0.39 is 5.91 Å². The standard InChI is InChI=1S/C8H5ClN2OS/c9-7-6-4(1-2-13-6)5(3-11-7)8(10)12/h1-3H,(H2,10,12). The van der Waals surface area contributed by atoms with Gasteiger partial charge in [-0.15, -0.1) is 11.3 Å². The number of fused-ring (bicyclic) bond motifs is 1. The normalized spacial score (nSPS) is 10.5. The van der Waals surface area contributed by atoms with Crippen LogP contribution < -0.4 is 5.73 Å². The maximum absolute atomic E-state index is 11.0. The lowest BCUT2D eigenvalue weighted by Crippen LogP contribution is -2.11. The molecule has 66 valence electrons. The van der Waals surface area contributed by atoms with Gasteiger partial charge in [0.1, 0.15) is 5.15 Å². The molecule has 2 N–H and O–H groups in total. The number of hydrogen-bond acceptors (Lipinski definition) is 3. The first-order valence-electron chi connectivity index (χ1n) is 3.51. The summed E-state index contributed by atoms with van der Waals surface area (Å²) in [5, 5.41) is 3.04. The Balaban J connectivity index is 2.86. The lowest BCUT2D eigenvalue weighted by Gasteiger charge is -1.97. The zero-order chi connectivity index (χ0) is 9.42. The molecule has 13 heavy (non-hydrogen) atoms. The minimum atomic E-state index is -0.479. The second-order valence-electron chi connectivity index (χ2n) is 2.49. The van der Waals surface area contributed by atoms with Crippen molar-refractivity contribution in [3.63, 3.8) is 0 Å². The molecule has 2 heterocycles. The third kappa shape index (κ3) is 1.28. The quantitative estimate of drug-likeness (QED) is 0.736. The number of primary amides is 1. The van der Waals surface area contributed by atoms with Gasteiger partial charge in [0.15, 0.2) is 0 Å². The number of halogens is 1. The van der Waals surface area contributed by atoms with E-state index >= 15 is 0 Å². The Labute approximate surface area is 83.1 Å². The van der Waals surface area contributed by atoms with Crippen LogP contribution in [-0.2, 0) is 0 Å². The smallest absolute Gasteiger partial charge is 0.250 e. The van der Waals surface area contributed by atoms with E-state index in [0.717, 1.165) is 10.1 Å². The number of pyridine rings is 1. The van der Waals surface area contributed by atoms with Crippen LogP contribution >= 0.6 is 22.9 Å². The maximum atomic E-state index is 11.0. The number of aromatic nitrogens is 1. The van der Waals surface area contributed by atoms with Crippen molar-refractivity contribution in [3.8, 4) is 0 Å². The van der Waals surface area contributed by atoms with Crippen LogP contribution in [0.4, 0.5) is 0 Å². The predicted octanol–water partition coefficient (Wildman–Crippen LogP) is 2.05. The first kappa shape index (κ1) is 8.47. The van der Waals surface area contributed by atoms with Gasteiger partial charge in [-0.25, -0.2) is 4.98 Å². The highest BCUT2D eigenvalue weighted by atomic mass is 35.5. The Morgan fingerprint density at radius 2 is 2.38 bits per heavy atom. The largest absolute Gasteiger partial charge is 0.366 e. The Morgan fingerprint density at radius 1 is 1.62 bits per heavy atom. The van der Waals surface area contributed by atoms with E-state index in [9.17, 15) is 4.79 Å². The molecule has 0 saturated carbocycles.